The first-order chi connectivity index (χ1) is 14.2. The Labute approximate surface area is 168 Å². The average Bonchev–Trinajstić information content (AvgIpc) is 3.54. The summed E-state index contributed by atoms with van der Waals surface area (Å²) < 4.78 is 2.01. The Bertz CT molecular complexity index is 1080. The second-order valence-electron chi connectivity index (χ2n) is 7.99. The maximum atomic E-state index is 12.6. The van der Waals surface area contributed by atoms with Crippen LogP contribution in [0.4, 0.5) is 5.82 Å². The zero-order chi connectivity index (χ0) is 20.0. The second-order valence-corrected chi connectivity index (χ2v) is 7.99. The zero-order valence-electron chi connectivity index (χ0n) is 16.1. The molecule has 0 bridgehead atoms. The van der Waals surface area contributed by atoms with Crippen LogP contribution in [0.3, 0.4) is 0 Å². The minimum absolute atomic E-state index is 0.156. The Morgan fingerprint density at radius 3 is 2.69 bits per heavy atom. The van der Waals surface area contributed by atoms with Gasteiger partial charge in [-0.05, 0) is 25.7 Å². The van der Waals surface area contributed by atoms with Crippen LogP contribution in [-0.4, -0.2) is 44.6 Å². The summed E-state index contributed by atoms with van der Waals surface area (Å²) in [6, 6.07) is 7.31. The molecule has 3 heterocycles. The molecule has 5 rings (SSSR count). The van der Waals surface area contributed by atoms with Crippen molar-refractivity contribution in [2.75, 3.05) is 18.8 Å². The number of anilines is 1. The predicted octanol–water partition coefficient (Wildman–Crippen LogP) is 2.91. The first-order valence-electron chi connectivity index (χ1n) is 10.1. The van der Waals surface area contributed by atoms with E-state index >= 15 is 0 Å². The molecule has 1 amide bonds. The van der Waals surface area contributed by atoms with Gasteiger partial charge in [0.15, 0.2) is 0 Å². The van der Waals surface area contributed by atoms with Crippen LogP contribution in [-0.2, 0) is 4.79 Å². The third-order valence-corrected chi connectivity index (χ3v) is 5.96. The Hall–Kier alpha value is -3.22. The number of nitrogens with two attached hydrogens (primary N) is 1. The lowest BCUT2D eigenvalue weighted by molar-refractivity contribution is -0.133. The fourth-order valence-electron chi connectivity index (χ4n) is 4.27. The number of benzene rings is 1. The Kier molecular flexibility index (Phi) is 4.30. The van der Waals surface area contributed by atoms with Crippen molar-refractivity contribution < 1.29 is 9.59 Å². The Balaban J connectivity index is 1.56. The number of aromatic nitrogens is 3. The van der Waals surface area contributed by atoms with Crippen LogP contribution in [0.2, 0.25) is 0 Å². The molecular weight excluding hydrogens is 366 g/mol. The highest BCUT2D eigenvalue weighted by molar-refractivity contribution is 5.86. The summed E-state index contributed by atoms with van der Waals surface area (Å²) in [7, 11) is 0. The van der Waals surface area contributed by atoms with E-state index in [0.717, 1.165) is 61.1 Å². The number of rotatable bonds is 4. The van der Waals surface area contributed by atoms with Gasteiger partial charge in [-0.2, -0.15) is 0 Å². The number of nitrogens with zero attached hydrogens (tertiary/aromatic N) is 4. The third kappa shape index (κ3) is 3.16. The number of aldehydes is 1. The van der Waals surface area contributed by atoms with Crippen LogP contribution in [0.5, 0.6) is 0 Å². The van der Waals surface area contributed by atoms with Gasteiger partial charge in [-0.25, -0.2) is 9.97 Å². The van der Waals surface area contributed by atoms with Crippen LogP contribution in [0.15, 0.2) is 36.7 Å². The molecule has 2 aliphatic rings. The molecule has 7 heteroatoms. The SMILES string of the molecule is Nc1nccn2c(C3CCCN(C(=O)C4CC4)C3)nc(-c3ccc(C=O)cc3)c12. The van der Waals surface area contributed by atoms with E-state index in [0.29, 0.717) is 23.8 Å². The van der Waals surface area contributed by atoms with Gasteiger partial charge in [-0.1, -0.05) is 24.3 Å². The molecule has 2 N–H and O–H groups in total. The number of carbonyl (C=O) groups excluding carboxylic acids is 2. The molecule has 1 atom stereocenters. The molecule has 0 radical (unpaired) electrons. The lowest BCUT2D eigenvalue weighted by atomic mass is 9.97. The lowest BCUT2D eigenvalue weighted by Gasteiger charge is -2.32. The number of imidazole rings is 1. The van der Waals surface area contributed by atoms with Gasteiger partial charge < -0.3 is 10.6 Å². The van der Waals surface area contributed by atoms with E-state index in [1.807, 2.05) is 27.6 Å². The highest BCUT2D eigenvalue weighted by atomic mass is 16.2. The van der Waals surface area contributed by atoms with Crippen LogP contribution < -0.4 is 5.73 Å². The first-order valence-corrected chi connectivity index (χ1v) is 10.1. The van der Waals surface area contributed by atoms with Gasteiger partial charge in [0.2, 0.25) is 5.91 Å². The minimum Gasteiger partial charge on any atom is -0.382 e. The molecule has 1 saturated carbocycles. The number of piperidine rings is 1. The molecular formula is C22H23N5O2. The van der Waals surface area contributed by atoms with Crippen molar-refractivity contribution in [3.63, 3.8) is 0 Å². The minimum atomic E-state index is 0.156. The molecule has 1 unspecified atom stereocenters. The average molecular weight is 389 g/mol. The Morgan fingerprint density at radius 1 is 1.17 bits per heavy atom. The summed E-state index contributed by atoms with van der Waals surface area (Å²) in [6.07, 6.45) is 8.40. The van der Waals surface area contributed by atoms with Crippen molar-refractivity contribution in [1.82, 2.24) is 19.3 Å². The number of fused-ring (bicyclic) bond motifs is 1. The van der Waals surface area contributed by atoms with Crippen LogP contribution in [0.25, 0.3) is 16.8 Å². The topological polar surface area (TPSA) is 93.6 Å². The van der Waals surface area contributed by atoms with Gasteiger partial charge >= 0.3 is 0 Å². The molecule has 0 spiro atoms. The van der Waals surface area contributed by atoms with E-state index in [4.69, 9.17) is 10.7 Å². The summed E-state index contributed by atoms with van der Waals surface area (Å²) in [5.74, 6) is 2.02. The molecule has 1 aromatic carbocycles. The molecule has 1 aliphatic heterocycles. The van der Waals surface area contributed by atoms with Crippen molar-refractivity contribution >= 4 is 23.5 Å². The number of amides is 1. The van der Waals surface area contributed by atoms with Crippen molar-refractivity contribution in [2.45, 2.75) is 31.6 Å². The van der Waals surface area contributed by atoms with E-state index in [-0.39, 0.29) is 11.8 Å². The molecule has 2 fully saturated rings. The normalized spacial score (nSPS) is 19.4. The summed E-state index contributed by atoms with van der Waals surface area (Å²) in [5.41, 5.74) is 9.26. The van der Waals surface area contributed by atoms with E-state index in [2.05, 4.69) is 4.98 Å². The molecule has 148 valence electrons. The summed E-state index contributed by atoms with van der Waals surface area (Å²) in [5, 5.41) is 0. The van der Waals surface area contributed by atoms with E-state index in [1.165, 1.54) is 0 Å². The smallest absolute Gasteiger partial charge is 0.225 e. The van der Waals surface area contributed by atoms with Gasteiger partial charge in [0.05, 0.1) is 0 Å². The molecule has 2 aromatic heterocycles. The molecule has 7 nitrogen and oxygen atoms in total. The van der Waals surface area contributed by atoms with Gasteiger partial charge in [-0.3, -0.25) is 14.0 Å². The first kappa shape index (κ1) is 17.8. The second kappa shape index (κ2) is 6.99. The Morgan fingerprint density at radius 2 is 1.97 bits per heavy atom. The number of hydrogen-bond donors (Lipinski definition) is 1. The predicted molar refractivity (Wildman–Crippen MR) is 110 cm³/mol. The molecule has 3 aromatic rings. The highest BCUT2D eigenvalue weighted by Crippen LogP contribution is 2.36. The van der Waals surface area contributed by atoms with Crippen LogP contribution in [0.1, 0.15) is 47.8 Å². The maximum absolute atomic E-state index is 12.6. The van der Waals surface area contributed by atoms with Crippen molar-refractivity contribution in [2.24, 2.45) is 5.92 Å². The lowest BCUT2D eigenvalue weighted by Crippen LogP contribution is -2.40. The van der Waals surface area contributed by atoms with E-state index < -0.39 is 0 Å². The summed E-state index contributed by atoms with van der Waals surface area (Å²) >= 11 is 0. The summed E-state index contributed by atoms with van der Waals surface area (Å²) in [6.45, 7) is 1.53. The van der Waals surface area contributed by atoms with E-state index in [1.54, 1.807) is 18.3 Å². The van der Waals surface area contributed by atoms with Crippen molar-refractivity contribution in [1.29, 1.82) is 0 Å². The third-order valence-electron chi connectivity index (χ3n) is 5.96. The largest absolute Gasteiger partial charge is 0.382 e. The van der Waals surface area contributed by atoms with Gasteiger partial charge in [0, 0.05) is 48.4 Å². The molecule has 29 heavy (non-hydrogen) atoms. The monoisotopic (exact) mass is 389 g/mol. The van der Waals surface area contributed by atoms with Crippen molar-refractivity contribution in [3.05, 3.63) is 48.0 Å². The van der Waals surface area contributed by atoms with Gasteiger partial charge in [-0.15, -0.1) is 0 Å². The summed E-state index contributed by atoms with van der Waals surface area (Å²) in [4.78, 5) is 34.8. The maximum Gasteiger partial charge on any atom is 0.225 e. The number of likely N-dealkylation sites (tertiary alicyclic amines) is 1. The molecule has 1 saturated heterocycles. The van der Waals surface area contributed by atoms with Crippen molar-refractivity contribution in [3.8, 4) is 11.3 Å². The highest BCUT2D eigenvalue weighted by Gasteiger charge is 2.36. The fraction of sp³-hybridized carbons (Fsp3) is 0.364. The van der Waals surface area contributed by atoms with Gasteiger partial charge in [0.1, 0.15) is 29.1 Å². The number of nitrogen functional groups attached to an aromatic ring is 1. The van der Waals surface area contributed by atoms with Crippen LogP contribution >= 0.6 is 0 Å². The number of hydrogen-bond acceptors (Lipinski definition) is 5. The van der Waals surface area contributed by atoms with Crippen LogP contribution in [0, 0.1) is 5.92 Å². The zero-order valence-corrected chi connectivity index (χ0v) is 16.1. The number of carbonyl (C=O) groups is 2. The fourth-order valence-corrected chi connectivity index (χ4v) is 4.27. The quantitative estimate of drug-likeness (QED) is 0.693. The van der Waals surface area contributed by atoms with Gasteiger partial charge in [0.25, 0.3) is 0 Å². The van der Waals surface area contributed by atoms with E-state index in [9.17, 15) is 9.59 Å². The standard InChI is InChI=1S/C22H23N5O2/c23-20-19-18(15-5-3-14(13-28)4-6-15)25-21(27(19)11-9-24-20)17-2-1-10-26(12-17)22(29)16-7-8-16/h3-6,9,11,13,16-17H,1-2,7-8,10,12H2,(H2,23,24). The molecule has 1 aliphatic carbocycles.